The first-order valence-electron chi connectivity index (χ1n) is 15.2. The Labute approximate surface area is 276 Å². The number of nitrogens with zero attached hydrogens (tertiary/aromatic N) is 3. The fraction of sp³-hybridized carbons (Fsp3) is 0.286. The Bertz CT molecular complexity index is 1830. The summed E-state index contributed by atoms with van der Waals surface area (Å²) in [5.41, 5.74) is 1.41. The number of amides is 3. The third-order valence-electron chi connectivity index (χ3n) is 8.73. The second-order valence-electron chi connectivity index (χ2n) is 11.3. The minimum absolute atomic E-state index is 0.0322. The van der Waals surface area contributed by atoms with Gasteiger partial charge in [0.05, 0.1) is 50.5 Å². The van der Waals surface area contributed by atoms with Crippen molar-refractivity contribution < 1.29 is 33.4 Å². The van der Waals surface area contributed by atoms with E-state index in [1.54, 1.807) is 61.6 Å². The zero-order valence-electron chi connectivity index (χ0n) is 26.3. The van der Waals surface area contributed by atoms with Crippen LogP contribution >= 0.6 is 11.3 Å². The van der Waals surface area contributed by atoms with Crippen LogP contribution in [0.3, 0.4) is 0 Å². The van der Waals surface area contributed by atoms with Gasteiger partial charge in [-0.3, -0.25) is 24.1 Å². The van der Waals surface area contributed by atoms with Crippen LogP contribution in [0.25, 0.3) is 11.3 Å². The molecule has 0 saturated heterocycles. The average Bonchev–Trinajstić information content (AvgIpc) is 3.84. The van der Waals surface area contributed by atoms with Gasteiger partial charge in [-0.15, -0.1) is 11.3 Å². The maximum absolute atomic E-state index is 14.4. The van der Waals surface area contributed by atoms with Gasteiger partial charge in [-0.05, 0) is 61.4 Å². The molecule has 1 saturated carbocycles. The Morgan fingerprint density at radius 3 is 2.34 bits per heavy atom. The van der Waals surface area contributed by atoms with Crippen molar-refractivity contribution in [1.29, 1.82) is 0 Å². The summed E-state index contributed by atoms with van der Waals surface area (Å²) >= 11 is 1.38. The number of anilines is 2. The zero-order valence-corrected chi connectivity index (χ0v) is 27.1. The van der Waals surface area contributed by atoms with Gasteiger partial charge in [0, 0.05) is 17.0 Å². The van der Waals surface area contributed by atoms with Crippen molar-refractivity contribution in [3.05, 3.63) is 82.7 Å². The van der Waals surface area contributed by atoms with Crippen LogP contribution in [0, 0.1) is 0 Å². The minimum Gasteiger partial charge on any atom is -0.497 e. The fourth-order valence-electron chi connectivity index (χ4n) is 6.24. The first-order valence-corrected chi connectivity index (χ1v) is 16.0. The number of ketones is 1. The lowest BCUT2D eigenvalue weighted by Crippen LogP contribution is -2.59. The molecule has 0 unspecified atom stereocenters. The van der Waals surface area contributed by atoms with Crippen molar-refractivity contribution in [3.63, 3.8) is 0 Å². The van der Waals surface area contributed by atoms with Crippen molar-refractivity contribution in [2.45, 2.75) is 37.8 Å². The lowest BCUT2D eigenvalue weighted by molar-refractivity contribution is -0.145. The number of hydrogen-bond acceptors (Lipinski definition) is 9. The van der Waals surface area contributed by atoms with E-state index in [0.29, 0.717) is 40.7 Å². The molecule has 1 aliphatic heterocycles. The number of aromatic nitrogens is 1. The van der Waals surface area contributed by atoms with E-state index in [1.807, 2.05) is 29.6 Å². The molecule has 0 radical (unpaired) electrons. The second kappa shape index (κ2) is 13.2. The lowest BCUT2D eigenvalue weighted by Gasteiger charge is -2.40. The van der Waals surface area contributed by atoms with Crippen molar-refractivity contribution in [1.82, 2.24) is 9.88 Å². The van der Waals surface area contributed by atoms with Crippen LogP contribution in [-0.4, -0.2) is 66.8 Å². The highest BCUT2D eigenvalue weighted by molar-refractivity contribution is 7.09. The number of carbonyl (C=O) groups excluding carboxylic acids is 4. The predicted octanol–water partition coefficient (Wildman–Crippen LogP) is 5.35. The van der Waals surface area contributed by atoms with Crippen molar-refractivity contribution >= 4 is 46.2 Å². The monoisotopic (exact) mass is 654 g/mol. The Hall–Kier alpha value is -5.23. The maximum atomic E-state index is 14.4. The number of benzene rings is 3. The number of fused-ring (bicyclic) bond motifs is 1. The first-order chi connectivity index (χ1) is 22.8. The van der Waals surface area contributed by atoms with Crippen molar-refractivity contribution in [2.24, 2.45) is 0 Å². The summed E-state index contributed by atoms with van der Waals surface area (Å²) in [7, 11) is 4.64. The Morgan fingerprint density at radius 1 is 0.936 bits per heavy atom. The molecule has 4 aromatic rings. The normalized spacial score (nSPS) is 14.9. The van der Waals surface area contributed by atoms with Crippen LogP contribution in [0.5, 0.6) is 17.2 Å². The van der Waals surface area contributed by atoms with Crippen LogP contribution < -0.4 is 24.4 Å². The molecule has 3 aromatic carbocycles. The quantitative estimate of drug-likeness (QED) is 0.215. The Morgan fingerprint density at radius 2 is 1.64 bits per heavy atom. The van der Waals surface area contributed by atoms with Gasteiger partial charge in [-0.1, -0.05) is 25.0 Å². The molecule has 0 spiro atoms. The molecule has 2 heterocycles. The van der Waals surface area contributed by atoms with E-state index in [4.69, 9.17) is 19.2 Å². The maximum Gasteiger partial charge on any atom is 0.299 e. The van der Waals surface area contributed by atoms with E-state index in [1.165, 1.54) is 23.3 Å². The van der Waals surface area contributed by atoms with Gasteiger partial charge in [-0.25, -0.2) is 4.98 Å². The summed E-state index contributed by atoms with van der Waals surface area (Å²) in [6.45, 7) is -0.371. The summed E-state index contributed by atoms with van der Waals surface area (Å²) in [6.07, 6.45) is 2.25. The van der Waals surface area contributed by atoms with Gasteiger partial charge in [0.25, 0.3) is 11.7 Å². The SMILES string of the molecule is COc1ccc(-c2csc(CN(C(=O)CN3C(=O)C(=O)c4ccccc43)C3(C(=O)Nc4ccc(OC)cc4OC)CCCC3)n2)cc1. The van der Waals surface area contributed by atoms with Gasteiger partial charge in [0.1, 0.15) is 34.3 Å². The summed E-state index contributed by atoms with van der Waals surface area (Å²) < 4.78 is 16.1. The molecule has 3 amide bonds. The lowest BCUT2D eigenvalue weighted by atomic mass is 9.92. The Balaban J connectivity index is 1.35. The molecule has 2 aliphatic rings. The predicted molar refractivity (Wildman–Crippen MR) is 177 cm³/mol. The minimum atomic E-state index is -1.25. The summed E-state index contributed by atoms with van der Waals surface area (Å²) in [6, 6.07) is 19.2. The number of rotatable bonds is 11. The number of nitrogens with one attached hydrogen (secondary N) is 1. The van der Waals surface area contributed by atoms with Crippen LogP contribution in [0.15, 0.2) is 72.1 Å². The van der Waals surface area contributed by atoms with Gasteiger partial charge in [-0.2, -0.15) is 0 Å². The highest BCUT2D eigenvalue weighted by Gasteiger charge is 2.50. The van der Waals surface area contributed by atoms with E-state index in [9.17, 15) is 19.2 Å². The van der Waals surface area contributed by atoms with Gasteiger partial charge in [0.15, 0.2) is 0 Å². The summed E-state index contributed by atoms with van der Waals surface area (Å²) in [5, 5.41) is 5.53. The second-order valence-corrected chi connectivity index (χ2v) is 12.3. The topological polar surface area (TPSA) is 127 Å². The van der Waals surface area contributed by atoms with E-state index in [2.05, 4.69) is 5.32 Å². The number of carbonyl (C=O) groups is 4. The number of Topliss-reactive ketones (excluding diaryl/α,β-unsaturated/α-hetero) is 1. The molecule has 1 N–H and O–H groups in total. The molecule has 6 rings (SSSR count). The third-order valence-corrected chi connectivity index (χ3v) is 9.56. The molecule has 47 heavy (non-hydrogen) atoms. The van der Waals surface area contributed by atoms with E-state index >= 15 is 0 Å². The molecule has 0 bridgehead atoms. The standard InChI is InChI=1S/C35H34N4O7S/c1-44-23-12-10-22(11-13-23)27-21-47-30(36-27)19-39(31(40)20-38-28-9-5-4-8-25(28)32(41)33(38)42)35(16-6-7-17-35)34(43)37-26-15-14-24(45-2)18-29(26)46-3/h4-5,8-15,18,21H,6-7,16-17,19-20H2,1-3H3,(H,37,43). The van der Waals surface area contributed by atoms with E-state index in [-0.39, 0.29) is 18.0 Å². The average molecular weight is 655 g/mol. The fourth-order valence-corrected chi connectivity index (χ4v) is 7.03. The molecular formula is C35H34N4O7S. The molecule has 0 atom stereocenters. The molecule has 12 heteroatoms. The van der Waals surface area contributed by atoms with E-state index in [0.717, 1.165) is 29.8 Å². The van der Waals surface area contributed by atoms with Crippen LogP contribution in [0.4, 0.5) is 11.4 Å². The molecule has 1 aromatic heterocycles. The number of para-hydroxylation sites is 1. The number of hydrogen-bond donors (Lipinski definition) is 1. The van der Waals surface area contributed by atoms with Crippen LogP contribution in [0.1, 0.15) is 41.0 Å². The highest BCUT2D eigenvalue weighted by Crippen LogP contribution is 2.40. The largest absolute Gasteiger partial charge is 0.497 e. The van der Waals surface area contributed by atoms with Gasteiger partial charge >= 0.3 is 0 Å². The van der Waals surface area contributed by atoms with Crippen LogP contribution in [-0.2, 0) is 20.9 Å². The van der Waals surface area contributed by atoms with Crippen molar-refractivity contribution in [3.8, 4) is 28.5 Å². The van der Waals surface area contributed by atoms with Crippen LogP contribution in [0.2, 0.25) is 0 Å². The Kier molecular flexibility index (Phi) is 8.95. The number of methoxy groups -OCH3 is 3. The number of ether oxygens (including phenoxy) is 3. The van der Waals surface area contributed by atoms with Gasteiger partial charge in [0.2, 0.25) is 11.8 Å². The molecular weight excluding hydrogens is 620 g/mol. The number of thiazole rings is 1. The summed E-state index contributed by atoms with van der Waals surface area (Å²) in [5.74, 6) is -0.586. The smallest absolute Gasteiger partial charge is 0.299 e. The van der Waals surface area contributed by atoms with E-state index < -0.39 is 29.7 Å². The molecule has 1 aliphatic carbocycles. The molecule has 242 valence electrons. The highest BCUT2D eigenvalue weighted by atomic mass is 32.1. The summed E-state index contributed by atoms with van der Waals surface area (Å²) in [4.78, 5) is 62.2. The first kappa shape index (κ1) is 31.7. The van der Waals surface area contributed by atoms with Gasteiger partial charge < -0.3 is 24.4 Å². The third kappa shape index (κ3) is 6.03. The van der Waals surface area contributed by atoms with Crippen molar-refractivity contribution in [2.75, 3.05) is 38.1 Å². The zero-order chi connectivity index (χ0) is 33.1. The molecule has 11 nitrogen and oxygen atoms in total. The molecule has 1 fully saturated rings.